The number of carboxylic acids is 1. The van der Waals surface area contributed by atoms with Crippen LogP contribution in [0, 0.1) is 0 Å². The van der Waals surface area contributed by atoms with Crippen LogP contribution in [0.3, 0.4) is 0 Å². The maximum absolute atomic E-state index is 11.1. The quantitative estimate of drug-likeness (QED) is 0.867. The number of rotatable bonds is 4. The molecule has 0 saturated carbocycles. The SMILES string of the molecule is CC(c1ccc(Br)cc1)N1CCN(c2cccc(C(=O)O)n2)CC1. The number of aromatic carboxylic acids is 1. The average Bonchev–Trinajstić information content (AvgIpc) is 2.62. The molecule has 126 valence electrons. The van der Waals surface area contributed by atoms with Crippen LogP contribution in [0.2, 0.25) is 0 Å². The highest BCUT2D eigenvalue weighted by molar-refractivity contribution is 9.10. The predicted octanol–water partition coefficient (Wildman–Crippen LogP) is 3.43. The number of nitrogens with zero attached hydrogens (tertiary/aromatic N) is 3. The van der Waals surface area contributed by atoms with E-state index in [0.717, 1.165) is 36.5 Å². The highest BCUT2D eigenvalue weighted by Gasteiger charge is 2.23. The third-order valence-corrected chi connectivity index (χ3v) is 5.02. The van der Waals surface area contributed by atoms with Gasteiger partial charge in [0, 0.05) is 36.7 Å². The number of piperazine rings is 1. The smallest absolute Gasteiger partial charge is 0.354 e. The molecule has 0 amide bonds. The van der Waals surface area contributed by atoms with Gasteiger partial charge >= 0.3 is 5.97 Å². The molecule has 1 aromatic heterocycles. The molecule has 1 saturated heterocycles. The molecule has 1 unspecified atom stereocenters. The van der Waals surface area contributed by atoms with E-state index >= 15 is 0 Å². The second-order valence-corrected chi connectivity index (χ2v) is 6.85. The summed E-state index contributed by atoms with van der Waals surface area (Å²) in [6, 6.07) is 14.0. The van der Waals surface area contributed by atoms with Crippen LogP contribution < -0.4 is 4.90 Å². The van der Waals surface area contributed by atoms with E-state index in [9.17, 15) is 4.79 Å². The van der Waals surface area contributed by atoms with Gasteiger partial charge in [-0.15, -0.1) is 0 Å². The van der Waals surface area contributed by atoms with Crippen LogP contribution in [0.15, 0.2) is 46.9 Å². The van der Waals surface area contributed by atoms with Crippen LogP contribution in [0.5, 0.6) is 0 Å². The zero-order valence-corrected chi connectivity index (χ0v) is 15.1. The van der Waals surface area contributed by atoms with Crippen molar-refractivity contribution in [3.8, 4) is 0 Å². The van der Waals surface area contributed by atoms with Gasteiger partial charge in [-0.1, -0.05) is 34.1 Å². The first-order chi connectivity index (χ1) is 11.5. The number of hydrogen-bond acceptors (Lipinski definition) is 4. The molecule has 2 aromatic rings. The van der Waals surface area contributed by atoms with Crippen molar-refractivity contribution < 1.29 is 9.90 Å². The predicted molar refractivity (Wildman–Crippen MR) is 97.5 cm³/mol. The number of anilines is 1. The largest absolute Gasteiger partial charge is 0.477 e. The molecule has 0 radical (unpaired) electrons. The molecule has 1 fully saturated rings. The minimum absolute atomic E-state index is 0.0955. The molecule has 1 atom stereocenters. The van der Waals surface area contributed by atoms with Crippen molar-refractivity contribution >= 4 is 27.7 Å². The van der Waals surface area contributed by atoms with Crippen LogP contribution in [0.1, 0.15) is 29.0 Å². The van der Waals surface area contributed by atoms with Crippen molar-refractivity contribution in [2.45, 2.75) is 13.0 Å². The van der Waals surface area contributed by atoms with Crippen LogP contribution in [-0.2, 0) is 0 Å². The fraction of sp³-hybridized carbons (Fsp3) is 0.333. The highest BCUT2D eigenvalue weighted by atomic mass is 79.9. The van der Waals surface area contributed by atoms with Crippen LogP contribution >= 0.6 is 15.9 Å². The zero-order chi connectivity index (χ0) is 17.1. The monoisotopic (exact) mass is 389 g/mol. The molecule has 0 aliphatic carbocycles. The Morgan fingerprint density at radius 1 is 1.12 bits per heavy atom. The first-order valence-corrected chi connectivity index (χ1v) is 8.79. The molecule has 0 bridgehead atoms. The molecule has 1 aromatic carbocycles. The summed E-state index contributed by atoms with van der Waals surface area (Å²) in [5.74, 6) is -0.245. The van der Waals surface area contributed by atoms with E-state index in [4.69, 9.17) is 5.11 Å². The normalized spacial score (nSPS) is 16.8. The van der Waals surface area contributed by atoms with Gasteiger partial charge in [-0.2, -0.15) is 0 Å². The number of aromatic nitrogens is 1. The lowest BCUT2D eigenvalue weighted by molar-refractivity contribution is 0.0690. The fourth-order valence-electron chi connectivity index (χ4n) is 3.01. The molecule has 1 aliphatic heterocycles. The molecule has 2 heterocycles. The molecule has 3 rings (SSSR count). The number of hydrogen-bond donors (Lipinski definition) is 1. The summed E-state index contributed by atoms with van der Waals surface area (Å²) < 4.78 is 1.09. The molecule has 5 nitrogen and oxygen atoms in total. The second kappa shape index (κ2) is 7.32. The third kappa shape index (κ3) is 3.76. The summed E-state index contributed by atoms with van der Waals surface area (Å²) in [5, 5.41) is 9.08. The van der Waals surface area contributed by atoms with Gasteiger partial charge in [0.2, 0.25) is 0 Å². The third-order valence-electron chi connectivity index (χ3n) is 4.49. The van der Waals surface area contributed by atoms with Crippen molar-refractivity contribution in [1.29, 1.82) is 0 Å². The lowest BCUT2D eigenvalue weighted by Gasteiger charge is -2.38. The van der Waals surface area contributed by atoms with E-state index in [2.05, 4.69) is 61.9 Å². The summed E-state index contributed by atoms with van der Waals surface area (Å²) in [7, 11) is 0. The Kier molecular flexibility index (Phi) is 5.16. The van der Waals surface area contributed by atoms with Gasteiger partial charge in [0.15, 0.2) is 5.69 Å². The Hall–Kier alpha value is -1.92. The van der Waals surface area contributed by atoms with Crippen LogP contribution in [0.25, 0.3) is 0 Å². The number of benzene rings is 1. The Balaban J connectivity index is 1.64. The van der Waals surface area contributed by atoms with Crippen molar-refractivity contribution in [3.63, 3.8) is 0 Å². The van der Waals surface area contributed by atoms with Crippen molar-refractivity contribution in [3.05, 3.63) is 58.2 Å². The number of carbonyl (C=O) groups is 1. The Morgan fingerprint density at radius 3 is 2.42 bits per heavy atom. The average molecular weight is 390 g/mol. The van der Waals surface area contributed by atoms with E-state index in [-0.39, 0.29) is 5.69 Å². The molecule has 1 aliphatic rings. The Morgan fingerprint density at radius 2 is 1.79 bits per heavy atom. The van der Waals surface area contributed by atoms with Gasteiger partial charge in [-0.05, 0) is 36.8 Å². The minimum Gasteiger partial charge on any atom is -0.477 e. The Bertz CT molecular complexity index is 712. The van der Waals surface area contributed by atoms with Gasteiger partial charge in [-0.25, -0.2) is 9.78 Å². The van der Waals surface area contributed by atoms with Crippen LogP contribution in [-0.4, -0.2) is 47.1 Å². The summed E-state index contributed by atoms with van der Waals surface area (Å²) >= 11 is 3.47. The lowest BCUT2D eigenvalue weighted by atomic mass is 10.1. The van der Waals surface area contributed by atoms with Gasteiger partial charge < -0.3 is 10.0 Å². The second-order valence-electron chi connectivity index (χ2n) is 5.94. The lowest BCUT2D eigenvalue weighted by Crippen LogP contribution is -2.47. The molecule has 24 heavy (non-hydrogen) atoms. The first-order valence-electron chi connectivity index (χ1n) is 7.99. The Labute approximate surface area is 150 Å². The molecule has 6 heteroatoms. The van der Waals surface area contributed by atoms with Gasteiger partial charge in [0.1, 0.15) is 5.82 Å². The van der Waals surface area contributed by atoms with E-state index in [1.165, 1.54) is 11.6 Å². The number of carboxylic acid groups (broad SMARTS) is 1. The van der Waals surface area contributed by atoms with Gasteiger partial charge in [-0.3, -0.25) is 4.90 Å². The van der Waals surface area contributed by atoms with Gasteiger partial charge in [0.05, 0.1) is 0 Å². The van der Waals surface area contributed by atoms with Crippen molar-refractivity contribution in [1.82, 2.24) is 9.88 Å². The summed E-state index contributed by atoms with van der Waals surface area (Å²) in [5.41, 5.74) is 1.40. The maximum atomic E-state index is 11.1. The molecular weight excluding hydrogens is 370 g/mol. The molecule has 1 N–H and O–H groups in total. The van der Waals surface area contributed by atoms with E-state index < -0.39 is 5.97 Å². The van der Waals surface area contributed by atoms with E-state index in [0.29, 0.717) is 6.04 Å². The summed E-state index contributed by atoms with van der Waals surface area (Å²) in [6.07, 6.45) is 0. The van der Waals surface area contributed by atoms with Crippen molar-refractivity contribution in [2.24, 2.45) is 0 Å². The topological polar surface area (TPSA) is 56.7 Å². The number of halogens is 1. The summed E-state index contributed by atoms with van der Waals surface area (Å²) in [4.78, 5) is 19.9. The van der Waals surface area contributed by atoms with E-state index in [1.54, 1.807) is 6.07 Å². The van der Waals surface area contributed by atoms with Crippen molar-refractivity contribution in [2.75, 3.05) is 31.1 Å². The minimum atomic E-state index is -0.987. The zero-order valence-electron chi connectivity index (χ0n) is 13.5. The fourth-order valence-corrected chi connectivity index (χ4v) is 3.27. The highest BCUT2D eigenvalue weighted by Crippen LogP contribution is 2.24. The standard InChI is InChI=1S/C18H20BrN3O2/c1-13(14-5-7-15(19)8-6-14)21-9-11-22(12-10-21)17-4-2-3-16(20-17)18(23)24/h2-8,13H,9-12H2,1H3,(H,23,24). The number of pyridine rings is 1. The van der Waals surface area contributed by atoms with Gasteiger partial charge in [0.25, 0.3) is 0 Å². The maximum Gasteiger partial charge on any atom is 0.354 e. The van der Waals surface area contributed by atoms with E-state index in [1.807, 2.05) is 6.07 Å². The van der Waals surface area contributed by atoms with Crippen LogP contribution in [0.4, 0.5) is 5.82 Å². The summed E-state index contributed by atoms with van der Waals surface area (Å²) in [6.45, 7) is 5.77. The molecule has 0 spiro atoms. The molecular formula is C18H20BrN3O2. The first kappa shape index (κ1) is 16.9.